The normalized spacial score (nSPS) is 15.1. The first-order valence-electron chi connectivity index (χ1n) is 8.36. The zero-order valence-electron chi connectivity index (χ0n) is 14.2. The van der Waals surface area contributed by atoms with Crippen molar-refractivity contribution in [1.29, 1.82) is 0 Å². The fourth-order valence-electron chi connectivity index (χ4n) is 3.10. The molecule has 3 rings (SSSR count). The number of carbonyl (C=O) groups is 1. The van der Waals surface area contributed by atoms with Crippen LogP contribution < -0.4 is 0 Å². The largest absolute Gasteiger partial charge is 0.460 e. The Labute approximate surface area is 158 Å². The highest BCUT2D eigenvalue weighted by atomic mass is 35.5. The van der Waals surface area contributed by atoms with E-state index >= 15 is 0 Å². The molecule has 0 bridgehead atoms. The van der Waals surface area contributed by atoms with E-state index in [0.717, 1.165) is 31.5 Å². The summed E-state index contributed by atoms with van der Waals surface area (Å²) in [5.74, 6) is -0.463. The summed E-state index contributed by atoms with van der Waals surface area (Å²) in [5, 5.41) is 10.7. The van der Waals surface area contributed by atoms with Gasteiger partial charge in [0.15, 0.2) is 0 Å². The number of nitrogens with zero attached hydrogens (tertiary/aromatic N) is 2. The second-order valence-electron chi connectivity index (χ2n) is 6.07. The second-order valence-corrected chi connectivity index (χ2v) is 6.07. The lowest BCUT2D eigenvalue weighted by molar-refractivity contribution is -0.384. The number of carbonyl (C=O) groups excluding carboxylic acids is 1. The summed E-state index contributed by atoms with van der Waals surface area (Å²) in [4.78, 5) is 24.8. The average molecular weight is 377 g/mol. The molecule has 2 aromatic rings. The lowest BCUT2D eigenvalue weighted by Gasteiger charge is -2.27. The van der Waals surface area contributed by atoms with Gasteiger partial charge in [0.05, 0.1) is 16.5 Å². The molecule has 0 amide bonds. The lowest BCUT2D eigenvalue weighted by atomic mass is 10.1. The number of hydrogen-bond donors (Lipinski definition) is 0. The Morgan fingerprint density at radius 3 is 2.27 bits per heavy atom. The van der Waals surface area contributed by atoms with Crippen LogP contribution in [-0.2, 0) is 4.74 Å². The molecule has 0 N–H and O–H groups in total. The summed E-state index contributed by atoms with van der Waals surface area (Å²) in [7, 11) is 0. The van der Waals surface area contributed by atoms with Crippen molar-refractivity contribution in [1.82, 2.24) is 4.90 Å². The Hall–Kier alpha value is -2.44. The Morgan fingerprint density at radius 1 is 1.08 bits per heavy atom. The topological polar surface area (TPSA) is 72.7 Å². The molecule has 0 aromatic heterocycles. The summed E-state index contributed by atoms with van der Waals surface area (Å²) in [6, 6.07) is 15.5. The highest BCUT2D eigenvalue weighted by Crippen LogP contribution is 2.25. The maximum atomic E-state index is 12.3. The van der Waals surface area contributed by atoms with Crippen molar-refractivity contribution < 1.29 is 14.5 Å². The molecule has 0 radical (unpaired) electrons. The molecule has 6 nitrogen and oxygen atoms in total. The number of non-ortho nitro benzene ring substituents is 1. The van der Waals surface area contributed by atoms with E-state index in [0.29, 0.717) is 5.56 Å². The highest BCUT2D eigenvalue weighted by molar-refractivity contribution is 5.89. The Bertz CT molecular complexity index is 731. The number of nitro benzene ring substituents is 1. The molecule has 0 saturated carbocycles. The van der Waals surface area contributed by atoms with E-state index in [1.165, 1.54) is 24.3 Å². The average Bonchev–Trinajstić information content (AvgIpc) is 3.17. The minimum absolute atomic E-state index is 0. The van der Waals surface area contributed by atoms with Crippen LogP contribution in [0.3, 0.4) is 0 Å². The van der Waals surface area contributed by atoms with Crippen LogP contribution in [0.5, 0.6) is 0 Å². The highest BCUT2D eigenvalue weighted by Gasteiger charge is 2.25. The maximum Gasteiger partial charge on any atom is 0.338 e. The number of hydrogen-bond acceptors (Lipinski definition) is 5. The van der Waals surface area contributed by atoms with E-state index in [1.54, 1.807) is 0 Å². The summed E-state index contributed by atoms with van der Waals surface area (Å²) >= 11 is 0. The van der Waals surface area contributed by atoms with Crippen LogP contribution in [0.25, 0.3) is 0 Å². The van der Waals surface area contributed by atoms with E-state index < -0.39 is 10.9 Å². The number of halogens is 1. The van der Waals surface area contributed by atoms with E-state index in [2.05, 4.69) is 4.90 Å². The third-order valence-corrected chi connectivity index (χ3v) is 4.45. The second kappa shape index (κ2) is 9.31. The van der Waals surface area contributed by atoms with Gasteiger partial charge in [0.1, 0.15) is 6.61 Å². The number of rotatable bonds is 6. The first kappa shape index (κ1) is 19.9. The van der Waals surface area contributed by atoms with Crippen molar-refractivity contribution in [3.63, 3.8) is 0 Å². The van der Waals surface area contributed by atoms with Crippen LogP contribution >= 0.6 is 12.4 Å². The molecule has 1 unspecified atom stereocenters. The predicted octanol–water partition coefficient (Wildman–Crippen LogP) is 4.01. The van der Waals surface area contributed by atoms with Crippen molar-refractivity contribution in [3.8, 4) is 0 Å². The molecule has 0 spiro atoms. The first-order valence-corrected chi connectivity index (χ1v) is 8.36. The van der Waals surface area contributed by atoms with E-state index in [9.17, 15) is 14.9 Å². The smallest absolute Gasteiger partial charge is 0.338 e. The Balaban J connectivity index is 0.00000243. The third-order valence-electron chi connectivity index (χ3n) is 4.45. The zero-order chi connectivity index (χ0) is 17.6. The summed E-state index contributed by atoms with van der Waals surface area (Å²) in [6.07, 6.45) is 2.30. The van der Waals surface area contributed by atoms with Crippen LogP contribution in [0, 0.1) is 10.1 Å². The third kappa shape index (κ3) is 4.80. The molecule has 0 aliphatic carbocycles. The van der Waals surface area contributed by atoms with Gasteiger partial charge in [-0.1, -0.05) is 30.3 Å². The summed E-state index contributed by atoms with van der Waals surface area (Å²) in [6.45, 7) is 2.25. The molecule has 1 saturated heterocycles. The van der Waals surface area contributed by atoms with Gasteiger partial charge in [-0.2, -0.15) is 0 Å². The Kier molecular flexibility index (Phi) is 7.12. The molecule has 1 fully saturated rings. The van der Waals surface area contributed by atoms with Gasteiger partial charge in [-0.05, 0) is 43.6 Å². The fourth-order valence-corrected chi connectivity index (χ4v) is 3.10. The zero-order valence-corrected chi connectivity index (χ0v) is 15.1. The number of benzene rings is 2. The van der Waals surface area contributed by atoms with Crippen molar-refractivity contribution in [2.24, 2.45) is 0 Å². The first-order chi connectivity index (χ1) is 12.1. The van der Waals surface area contributed by atoms with Crippen LogP contribution in [0.2, 0.25) is 0 Å². The minimum atomic E-state index is -0.492. The van der Waals surface area contributed by atoms with Gasteiger partial charge in [0, 0.05) is 12.1 Å². The Morgan fingerprint density at radius 2 is 1.69 bits per heavy atom. The van der Waals surface area contributed by atoms with Gasteiger partial charge in [-0.15, -0.1) is 12.4 Å². The van der Waals surface area contributed by atoms with Crippen LogP contribution in [-0.4, -0.2) is 35.5 Å². The van der Waals surface area contributed by atoms with Crippen LogP contribution in [0.4, 0.5) is 5.69 Å². The van der Waals surface area contributed by atoms with Gasteiger partial charge >= 0.3 is 5.97 Å². The van der Waals surface area contributed by atoms with Gasteiger partial charge in [0.25, 0.3) is 5.69 Å². The standard InChI is InChI=1S/C19H20N2O4.ClH/c22-19(16-8-10-17(11-9-16)21(23)24)25-14-18(20-12-4-5-13-20)15-6-2-1-3-7-15;/h1-3,6-11,18H,4-5,12-14H2;1H. The van der Waals surface area contributed by atoms with Gasteiger partial charge in [0.2, 0.25) is 0 Å². The molecular weight excluding hydrogens is 356 g/mol. The van der Waals surface area contributed by atoms with Gasteiger partial charge in [-0.3, -0.25) is 15.0 Å². The van der Waals surface area contributed by atoms with E-state index in [1.807, 2.05) is 30.3 Å². The van der Waals surface area contributed by atoms with Crippen molar-refractivity contribution in [2.75, 3.05) is 19.7 Å². The SMILES string of the molecule is Cl.O=C(OCC(c1ccccc1)N1CCCC1)c1ccc([N+](=O)[O-])cc1. The molecule has 26 heavy (non-hydrogen) atoms. The minimum Gasteiger partial charge on any atom is -0.460 e. The molecule has 1 heterocycles. The molecule has 1 aliphatic rings. The summed E-state index contributed by atoms with van der Waals surface area (Å²) in [5.41, 5.74) is 1.40. The number of esters is 1. The van der Waals surface area contributed by atoms with E-state index in [-0.39, 0.29) is 30.7 Å². The van der Waals surface area contributed by atoms with Gasteiger partial charge in [-0.25, -0.2) is 4.79 Å². The predicted molar refractivity (Wildman–Crippen MR) is 101 cm³/mol. The van der Waals surface area contributed by atoms with Gasteiger partial charge < -0.3 is 4.74 Å². The van der Waals surface area contributed by atoms with Crippen molar-refractivity contribution >= 4 is 24.1 Å². The van der Waals surface area contributed by atoms with Crippen LogP contribution in [0.15, 0.2) is 54.6 Å². The molecule has 1 atom stereocenters. The monoisotopic (exact) mass is 376 g/mol. The molecule has 138 valence electrons. The molecule has 1 aliphatic heterocycles. The maximum absolute atomic E-state index is 12.3. The molecular formula is C19H21ClN2O4. The summed E-state index contributed by atoms with van der Waals surface area (Å²) < 4.78 is 5.51. The number of likely N-dealkylation sites (tertiary alicyclic amines) is 1. The number of nitro groups is 1. The van der Waals surface area contributed by atoms with E-state index in [4.69, 9.17) is 4.74 Å². The fraction of sp³-hybridized carbons (Fsp3) is 0.316. The van der Waals surface area contributed by atoms with Crippen molar-refractivity contribution in [3.05, 3.63) is 75.8 Å². The molecule has 7 heteroatoms. The lowest BCUT2D eigenvalue weighted by Crippen LogP contribution is -2.30. The van der Waals surface area contributed by atoms with Crippen molar-refractivity contribution in [2.45, 2.75) is 18.9 Å². The number of ether oxygens (including phenoxy) is 1. The van der Waals surface area contributed by atoms with Crippen LogP contribution in [0.1, 0.15) is 34.8 Å². The quantitative estimate of drug-likeness (QED) is 0.432. The molecule has 2 aromatic carbocycles.